The molecule has 1 aromatic rings. The lowest BCUT2D eigenvalue weighted by atomic mass is 10.0. The minimum atomic E-state index is 0.341. The highest BCUT2D eigenvalue weighted by Crippen LogP contribution is 2.15. The van der Waals surface area contributed by atoms with Gasteiger partial charge in [0, 0.05) is 12.1 Å². The van der Waals surface area contributed by atoms with Gasteiger partial charge >= 0.3 is 0 Å². The van der Waals surface area contributed by atoms with Crippen LogP contribution in [0.2, 0.25) is 0 Å². The monoisotopic (exact) mass is 272 g/mol. The Balaban J connectivity index is 2.29. The van der Waals surface area contributed by atoms with E-state index in [4.69, 9.17) is 5.26 Å². The number of unbranched alkanes of at least 4 members (excludes halogenated alkanes) is 4. The summed E-state index contributed by atoms with van der Waals surface area (Å²) in [7, 11) is 0. The summed E-state index contributed by atoms with van der Waals surface area (Å²) in [4.78, 5) is 0. The summed E-state index contributed by atoms with van der Waals surface area (Å²) in [6.07, 6.45) is 7.95. The van der Waals surface area contributed by atoms with E-state index in [0.717, 1.165) is 5.56 Å². The maximum atomic E-state index is 8.81. The first kappa shape index (κ1) is 16.7. The lowest BCUT2D eigenvalue weighted by Gasteiger charge is -2.20. The van der Waals surface area contributed by atoms with Crippen molar-refractivity contribution in [3.8, 4) is 6.07 Å². The van der Waals surface area contributed by atoms with Gasteiger partial charge in [-0.25, -0.2) is 0 Å². The quantitative estimate of drug-likeness (QED) is 0.645. The third-order valence-electron chi connectivity index (χ3n) is 3.81. The van der Waals surface area contributed by atoms with E-state index in [1.807, 2.05) is 24.3 Å². The maximum Gasteiger partial charge on any atom is 0.0991 e. The molecule has 0 amide bonds. The predicted molar refractivity (Wildman–Crippen MR) is 85.5 cm³/mol. The summed E-state index contributed by atoms with van der Waals surface area (Å²) in [5, 5.41) is 12.4. The molecule has 0 aliphatic carbocycles. The smallest absolute Gasteiger partial charge is 0.0991 e. The van der Waals surface area contributed by atoms with E-state index < -0.39 is 0 Å². The molecule has 0 aromatic heterocycles. The van der Waals surface area contributed by atoms with Crippen molar-refractivity contribution in [3.63, 3.8) is 0 Å². The zero-order chi connectivity index (χ0) is 14.8. The molecule has 0 heterocycles. The van der Waals surface area contributed by atoms with Crippen LogP contribution in [0.25, 0.3) is 0 Å². The van der Waals surface area contributed by atoms with Crippen molar-refractivity contribution in [2.24, 2.45) is 0 Å². The molecule has 0 radical (unpaired) electrons. The Bertz CT molecular complexity index is 402. The number of rotatable bonds is 9. The predicted octanol–water partition coefficient (Wildman–Crippen LogP) is 4.96. The Morgan fingerprint density at radius 2 is 1.70 bits per heavy atom. The molecule has 20 heavy (non-hydrogen) atoms. The van der Waals surface area contributed by atoms with Crippen molar-refractivity contribution in [1.82, 2.24) is 5.32 Å². The lowest BCUT2D eigenvalue weighted by molar-refractivity contribution is 0.436. The number of nitriles is 1. The molecule has 2 atom stereocenters. The van der Waals surface area contributed by atoms with Gasteiger partial charge in [-0.3, -0.25) is 0 Å². The summed E-state index contributed by atoms with van der Waals surface area (Å²) >= 11 is 0. The first-order valence-corrected chi connectivity index (χ1v) is 7.93. The molecule has 1 N–H and O–H groups in total. The van der Waals surface area contributed by atoms with Crippen LogP contribution in [-0.2, 0) is 0 Å². The zero-order valence-corrected chi connectivity index (χ0v) is 13.2. The summed E-state index contributed by atoms with van der Waals surface area (Å²) < 4.78 is 0. The fourth-order valence-corrected chi connectivity index (χ4v) is 2.51. The van der Waals surface area contributed by atoms with E-state index >= 15 is 0 Å². The highest BCUT2D eigenvalue weighted by molar-refractivity contribution is 5.32. The highest BCUT2D eigenvalue weighted by Gasteiger charge is 2.09. The van der Waals surface area contributed by atoms with Crippen molar-refractivity contribution in [2.45, 2.75) is 71.4 Å². The number of nitrogens with one attached hydrogen (secondary N) is 1. The van der Waals surface area contributed by atoms with Crippen LogP contribution in [-0.4, -0.2) is 6.04 Å². The first-order valence-electron chi connectivity index (χ1n) is 7.93. The number of hydrogen-bond acceptors (Lipinski definition) is 2. The molecule has 110 valence electrons. The summed E-state index contributed by atoms with van der Waals surface area (Å²) in [5.41, 5.74) is 1.98. The molecule has 0 fully saturated rings. The molecule has 0 aliphatic heterocycles. The Kier molecular flexibility index (Phi) is 7.99. The van der Waals surface area contributed by atoms with Crippen LogP contribution < -0.4 is 5.32 Å². The minimum Gasteiger partial charge on any atom is -0.308 e. The summed E-state index contributed by atoms with van der Waals surface area (Å²) in [5.74, 6) is 0. The van der Waals surface area contributed by atoms with Crippen LogP contribution in [0.15, 0.2) is 24.3 Å². The van der Waals surface area contributed by atoms with Crippen LogP contribution in [0.4, 0.5) is 0 Å². The van der Waals surface area contributed by atoms with Crippen LogP contribution in [0, 0.1) is 11.3 Å². The largest absolute Gasteiger partial charge is 0.308 e. The Labute approximate surface area is 124 Å². The topological polar surface area (TPSA) is 35.8 Å². The Hall–Kier alpha value is -1.33. The average molecular weight is 272 g/mol. The van der Waals surface area contributed by atoms with E-state index in [1.165, 1.54) is 44.1 Å². The van der Waals surface area contributed by atoms with E-state index in [1.54, 1.807) is 0 Å². The zero-order valence-electron chi connectivity index (χ0n) is 13.2. The van der Waals surface area contributed by atoms with Gasteiger partial charge in [-0.05, 0) is 38.0 Å². The SMILES string of the molecule is CCCCCCCC(C)NC(C)c1ccc(C#N)cc1. The van der Waals surface area contributed by atoms with Crippen LogP contribution >= 0.6 is 0 Å². The van der Waals surface area contributed by atoms with E-state index in [-0.39, 0.29) is 0 Å². The Morgan fingerprint density at radius 1 is 1.05 bits per heavy atom. The third-order valence-corrected chi connectivity index (χ3v) is 3.81. The fourth-order valence-electron chi connectivity index (χ4n) is 2.51. The molecular formula is C18H28N2. The molecule has 1 aromatic carbocycles. The molecule has 2 heteroatoms. The molecule has 2 nitrogen and oxygen atoms in total. The van der Waals surface area contributed by atoms with Gasteiger partial charge in [0.15, 0.2) is 0 Å². The van der Waals surface area contributed by atoms with Gasteiger partial charge in [0.05, 0.1) is 11.6 Å². The number of nitrogens with zero attached hydrogens (tertiary/aromatic N) is 1. The van der Waals surface area contributed by atoms with Crippen molar-refractivity contribution >= 4 is 0 Å². The highest BCUT2D eigenvalue weighted by atomic mass is 14.9. The maximum absolute atomic E-state index is 8.81. The van der Waals surface area contributed by atoms with Gasteiger partial charge in [0.25, 0.3) is 0 Å². The van der Waals surface area contributed by atoms with Crippen LogP contribution in [0.3, 0.4) is 0 Å². The Morgan fingerprint density at radius 3 is 2.30 bits per heavy atom. The van der Waals surface area contributed by atoms with E-state index in [0.29, 0.717) is 12.1 Å². The van der Waals surface area contributed by atoms with Gasteiger partial charge in [-0.1, -0.05) is 51.2 Å². The number of benzene rings is 1. The van der Waals surface area contributed by atoms with Gasteiger partial charge in [0.1, 0.15) is 0 Å². The van der Waals surface area contributed by atoms with Crippen molar-refractivity contribution < 1.29 is 0 Å². The van der Waals surface area contributed by atoms with Gasteiger partial charge < -0.3 is 5.32 Å². The standard InChI is InChI=1S/C18H28N2/c1-4-5-6-7-8-9-15(2)20-16(3)18-12-10-17(14-19)11-13-18/h10-13,15-16,20H,4-9H2,1-3H3. The molecule has 1 rings (SSSR count). The van der Waals surface area contributed by atoms with Crippen molar-refractivity contribution in [1.29, 1.82) is 5.26 Å². The second-order valence-corrected chi connectivity index (χ2v) is 5.73. The van der Waals surface area contributed by atoms with E-state index in [9.17, 15) is 0 Å². The lowest BCUT2D eigenvalue weighted by Crippen LogP contribution is -2.28. The minimum absolute atomic E-state index is 0.341. The fraction of sp³-hybridized carbons (Fsp3) is 0.611. The van der Waals surface area contributed by atoms with Crippen molar-refractivity contribution in [2.75, 3.05) is 0 Å². The average Bonchev–Trinajstić information content (AvgIpc) is 2.47. The summed E-state index contributed by atoms with van der Waals surface area (Å²) in [6, 6.07) is 10.9. The van der Waals surface area contributed by atoms with Gasteiger partial charge in [-0.15, -0.1) is 0 Å². The van der Waals surface area contributed by atoms with Gasteiger partial charge in [-0.2, -0.15) is 5.26 Å². The van der Waals surface area contributed by atoms with Gasteiger partial charge in [0.2, 0.25) is 0 Å². The van der Waals surface area contributed by atoms with Crippen LogP contribution in [0.1, 0.15) is 76.5 Å². The molecule has 0 saturated carbocycles. The normalized spacial score (nSPS) is 13.7. The molecule has 0 aliphatic rings. The van der Waals surface area contributed by atoms with Crippen molar-refractivity contribution in [3.05, 3.63) is 35.4 Å². The third kappa shape index (κ3) is 6.21. The molecule has 0 spiro atoms. The molecule has 2 unspecified atom stereocenters. The first-order chi connectivity index (χ1) is 9.67. The van der Waals surface area contributed by atoms with Crippen LogP contribution in [0.5, 0.6) is 0 Å². The molecular weight excluding hydrogens is 244 g/mol. The second kappa shape index (κ2) is 9.55. The summed E-state index contributed by atoms with van der Waals surface area (Å²) in [6.45, 7) is 6.71. The van der Waals surface area contributed by atoms with E-state index in [2.05, 4.69) is 32.2 Å². The molecule has 0 saturated heterocycles. The second-order valence-electron chi connectivity index (χ2n) is 5.73. The number of hydrogen-bond donors (Lipinski definition) is 1. The molecule has 0 bridgehead atoms.